The van der Waals surface area contributed by atoms with Crippen molar-refractivity contribution < 1.29 is 23.1 Å². The lowest BCUT2D eigenvalue weighted by Gasteiger charge is -2.13. The van der Waals surface area contributed by atoms with Gasteiger partial charge in [-0.3, -0.25) is 9.59 Å². The molecule has 130 valence electrons. The lowest BCUT2D eigenvalue weighted by molar-refractivity contribution is -0.115. The lowest BCUT2D eigenvalue weighted by Crippen LogP contribution is -2.15. The highest BCUT2D eigenvalue weighted by Gasteiger charge is 2.17. The number of hydrogen-bond donors (Lipinski definition) is 2. The number of nitrogens with one attached hydrogen (secondary N) is 2. The molecule has 1 heterocycles. The van der Waals surface area contributed by atoms with Gasteiger partial charge in [-0.15, -0.1) is 11.8 Å². The van der Waals surface area contributed by atoms with Crippen LogP contribution in [0.2, 0.25) is 0 Å². The van der Waals surface area contributed by atoms with Gasteiger partial charge in [0.25, 0.3) is 5.91 Å². The van der Waals surface area contributed by atoms with Gasteiger partial charge < -0.3 is 15.4 Å². The molecule has 0 aliphatic carbocycles. The third-order valence-corrected chi connectivity index (χ3v) is 4.53. The molecular formula is C17H14F2N2O3S. The Morgan fingerprint density at radius 2 is 2.04 bits per heavy atom. The maximum atomic E-state index is 12.4. The second kappa shape index (κ2) is 7.52. The first-order valence-corrected chi connectivity index (χ1v) is 8.43. The Morgan fingerprint density at radius 3 is 2.84 bits per heavy atom. The maximum Gasteiger partial charge on any atom is 0.387 e. The molecule has 0 fully saturated rings. The molecule has 2 aromatic rings. The van der Waals surface area contributed by atoms with Gasteiger partial charge >= 0.3 is 6.61 Å². The standard InChI is InChI=1S/C17H14F2N2O3S/c18-17(19)24-13-4-2-1-3-11(13)21-16(23)10-5-6-14-12(9-10)20-15(22)7-8-25-14/h1-6,9,17H,7-8H2,(H,20,22)(H,21,23). The predicted octanol–water partition coefficient (Wildman–Crippen LogP) is 3.97. The molecular weight excluding hydrogens is 350 g/mol. The van der Waals surface area contributed by atoms with Gasteiger partial charge in [-0.1, -0.05) is 12.1 Å². The first-order chi connectivity index (χ1) is 12.0. The van der Waals surface area contributed by atoms with Gasteiger partial charge in [0, 0.05) is 22.6 Å². The van der Waals surface area contributed by atoms with E-state index in [2.05, 4.69) is 15.4 Å². The van der Waals surface area contributed by atoms with Crippen molar-refractivity contribution in [3.05, 3.63) is 48.0 Å². The number of para-hydroxylation sites is 2. The number of hydrogen-bond acceptors (Lipinski definition) is 4. The summed E-state index contributed by atoms with van der Waals surface area (Å²) >= 11 is 1.53. The molecule has 0 bridgehead atoms. The summed E-state index contributed by atoms with van der Waals surface area (Å²) in [5.74, 6) is -0.0523. The van der Waals surface area contributed by atoms with Crippen molar-refractivity contribution in [3.63, 3.8) is 0 Å². The van der Waals surface area contributed by atoms with Gasteiger partial charge in [-0.25, -0.2) is 0 Å². The third-order valence-electron chi connectivity index (χ3n) is 3.45. The molecule has 0 spiro atoms. The smallest absolute Gasteiger partial charge is 0.387 e. The zero-order chi connectivity index (χ0) is 17.8. The van der Waals surface area contributed by atoms with Crippen molar-refractivity contribution in [2.24, 2.45) is 0 Å². The first kappa shape index (κ1) is 17.2. The Balaban J connectivity index is 1.82. The summed E-state index contributed by atoms with van der Waals surface area (Å²) in [6.45, 7) is -2.99. The molecule has 3 rings (SSSR count). The van der Waals surface area contributed by atoms with Crippen LogP contribution in [0.5, 0.6) is 5.75 Å². The Labute approximate surface area is 146 Å². The summed E-state index contributed by atoms with van der Waals surface area (Å²) in [5, 5.41) is 5.30. The van der Waals surface area contributed by atoms with E-state index in [1.807, 2.05) is 0 Å². The minimum absolute atomic E-state index is 0.112. The highest BCUT2D eigenvalue weighted by Crippen LogP contribution is 2.32. The number of benzene rings is 2. The van der Waals surface area contributed by atoms with Gasteiger partial charge in [0.1, 0.15) is 5.75 Å². The number of ether oxygens (including phenoxy) is 1. The van der Waals surface area contributed by atoms with E-state index in [0.29, 0.717) is 23.4 Å². The molecule has 1 aliphatic heterocycles. The summed E-state index contributed by atoms with van der Waals surface area (Å²) in [4.78, 5) is 25.0. The summed E-state index contributed by atoms with van der Waals surface area (Å²) in [6.07, 6.45) is 0.402. The van der Waals surface area contributed by atoms with E-state index in [1.54, 1.807) is 24.3 Å². The van der Waals surface area contributed by atoms with Crippen LogP contribution in [0.1, 0.15) is 16.8 Å². The number of amides is 2. The van der Waals surface area contributed by atoms with Crippen molar-refractivity contribution in [1.82, 2.24) is 0 Å². The normalized spacial score (nSPS) is 13.6. The monoisotopic (exact) mass is 364 g/mol. The van der Waals surface area contributed by atoms with Crippen LogP contribution in [0.25, 0.3) is 0 Å². The van der Waals surface area contributed by atoms with Crippen molar-refractivity contribution in [2.75, 3.05) is 16.4 Å². The molecule has 0 saturated carbocycles. The largest absolute Gasteiger partial charge is 0.433 e. The molecule has 0 saturated heterocycles. The van der Waals surface area contributed by atoms with Crippen molar-refractivity contribution >= 4 is 35.0 Å². The minimum Gasteiger partial charge on any atom is -0.433 e. The van der Waals surface area contributed by atoms with Crippen LogP contribution in [-0.4, -0.2) is 24.2 Å². The summed E-state index contributed by atoms with van der Waals surface area (Å²) < 4.78 is 29.3. The van der Waals surface area contributed by atoms with E-state index >= 15 is 0 Å². The molecule has 0 unspecified atom stereocenters. The number of alkyl halides is 2. The third kappa shape index (κ3) is 4.27. The Kier molecular flexibility index (Phi) is 5.18. The van der Waals surface area contributed by atoms with Gasteiger partial charge in [0.2, 0.25) is 5.91 Å². The highest BCUT2D eigenvalue weighted by atomic mass is 32.2. The average Bonchev–Trinajstić information content (AvgIpc) is 2.75. The molecule has 25 heavy (non-hydrogen) atoms. The fourth-order valence-electron chi connectivity index (χ4n) is 2.32. The van der Waals surface area contributed by atoms with Crippen molar-refractivity contribution in [1.29, 1.82) is 0 Å². The topological polar surface area (TPSA) is 67.4 Å². The molecule has 2 aromatic carbocycles. The zero-order valence-corrected chi connectivity index (χ0v) is 13.7. The summed E-state index contributed by atoms with van der Waals surface area (Å²) in [6, 6.07) is 10.9. The van der Waals surface area contributed by atoms with Gasteiger partial charge in [0.05, 0.1) is 11.4 Å². The van der Waals surface area contributed by atoms with Crippen LogP contribution in [0.4, 0.5) is 20.2 Å². The fourth-order valence-corrected chi connectivity index (χ4v) is 3.26. The number of thioether (sulfide) groups is 1. The number of carbonyl (C=O) groups excluding carboxylic acids is 2. The van der Waals surface area contributed by atoms with E-state index < -0.39 is 12.5 Å². The molecule has 0 aromatic heterocycles. The lowest BCUT2D eigenvalue weighted by atomic mass is 10.1. The quantitative estimate of drug-likeness (QED) is 0.861. The van der Waals surface area contributed by atoms with Crippen molar-refractivity contribution in [2.45, 2.75) is 17.9 Å². The first-order valence-electron chi connectivity index (χ1n) is 7.45. The number of carbonyl (C=O) groups is 2. The van der Waals surface area contributed by atoms with Crippen LogP contribution >= 0.6 is 11.8 Å². The molecule has 0 atom stereocenters. The molecule has 5 nitrogen and oxygen atoms in total. The zero-order valence-electron chi connectivity index (χ0n) is 12.9. The Bertz CT molecular complexity index is 814. The second-order valence-corrected chi connectivity index (χ2v) is 6.32. The Morgan fingerprint density at radius 1 is 1.24 bits per heavy atom. The molecule has 0 radical (unpaired) electrons. The predicted molar refractivity (Wildman–Crippen MR) is 91.4 cm³/mol. The van der Waals surface area contributed by atoms with E-state index in [1.165, 1.54) is 30.0 Å². The van der Waals surface area contributed by atoms with Crippen molar-refractivity contribution in [3.8, 4) is 5.75 Å². The van der Waals surface area contributed by atoms with Crippen LogP contribution in [-0.2, 0) is 4.79 Å². The number of fused-ring (bicyclic) bond motifs is 1. The number of anilines is 2. The van der Waals surface area contributed by atoms with E-state index in [9.17, 15) is 18.4 Å². The SMILES string of the molecule is O=C1CCSc2ccc(C(=O)Nc3ccccc3OC(F)F)cc2N1. The molecule has 2 N–H and O–H groups in total. The summed E-state index contributed by atoms with van der Waals surface area (Å²) in [5.41, 5.74) is 1.01. The van der Waals surface area contributed by atoms with Gasteiger partial charge in [0.15, 0.2) is 0 Å². The molecule has 2 amide bonds. The van der Waals surface area contributed by atoms with Crippen LogP contribution in [0.15, 0.2) is 47.4 Å². The Hall–Kier alpha value is -2.61. The summed E-state index contributed by atoms with van der Waals surface area (Å²) in [7, 11) is 0. The minimum atomic E-state index is -2.99. The maximum absolute atomic E-state index is 12.4. The highest BCUT2D eigenvalue weighted by molar-refractivity contribution is 7.99. The number of rotatable bonds is 4. The van der Waals surface area contributed by atoms with Crippen LogP contribution < -0.4 is 15.4 Å². The van der Waals surface area contributed by atoms with Crippen LogP contribution in [0, 0.1) is 0 Å². The van der Waals surface area contributed by atoms with E-state index in [0.717, 1.165) is 4.90 Å². The molecule has 8 heteroatoms. The molecule has 1 aliphatic rings. The average molecular weight is 364 g/mol. The number of halogens is 2. The van der Waals surface area contributed by atoms with Crippen LogP contribution in [0.3, 0.4) is 0 Å². The van der Waals surface area contributed by atoms with E-state index in [4.69, 9.17) is 0 Å². The fraction of sp³-hybridized carbons (Fsp3) is 0.176. The van der Waals surface area contributed by atoms with E-state index in [-0.39, 0.29) is 17.3 Å². The van der Waals surface area contributed by atoms with Gasteiger partial charge in [-0.05, 0) is 30.3 Å². The second-order valence-electron chi connectivity index (χ2n) is 5.19. The van der Waals surface area contributed by atoms with Gasteiger partial charge in [-0.2, -0.15) is 8.78 Å².